The third-order valence-corrected chi connectivity index (χ3v) is 4.74. The SMILES string of the molecule is COc1cccc2cc(C(=O)NCC(C)(O)c3cc4ccccc4o3)c(=O)oc12. The molecule has 2 N–H and O–H groups in total. The van der Waals surface area contributed by atoms with Gasteiger partial charge in [-0.2, -0.15) is 0 Å². The Hall–Kier alpha value is -3.58. The van der Waals surface area contributed by atoms with Crippen LogP contribution in [0.5, 0.6) is 5.75 Å². The highest BCUT2D eigenvalue weighted by Gasteiger charge is 2.29. The molecular weight excluding hydrogens is 374 g/mol. The van der Waals surface area contributed by atoms with Gasteiger partial charge in [0.15, 0.2) is 11.3 Å². The zero-order valence-corrected chi connectivity index (χ0v) is 15.9. The summed E-state index contributed by atoms with van der Waals surface area (Å²) in [6.45, 7) is 1.37. The first-order chi connectivity index (χ1) is 13.9. The van der Waals surface area contributed by atoms with E-state index >= 15 is 0 Å². The summed E-state index contributed by atoms with van der Waals surface area (Å²) in [5.41, 5.74) is -1.51. The van der Waals surface area contributed by atoms with E-state index in [-0.39, 0.29) is 17.7 Å². The van der Waals surface area contributed by atoms with Gasteiger partial charge in [-0.3, -0.25) is 4.79 Å². The summed E-state index contributed by atoms with van der Waals surface area (Å²) >= 11 is 0. The van der Waals surface area contributed by atoms with Crippen molar-refractivity contribution in [2.75, 3.05) is 13.7 Å². The number of methoxy groups -OCH3 is 1. The van der Waals surface area contributed by atoms with Crippen LogP contribution in [0.4, 0.5) is 0 Å². The molecule has 0 radical (unpaired) electrons. The Bertz CT molecular complexity index is 1230. The van der Waals surface area contributed by atoms with Crippen molar-refractivity contribution in [2.45, 2.75) is 12.5 Å². The summed E-state index contributed by atoms with van der Waals surface area (Å²) < 4.78 is 16.1. The van der Waals surface area contributed by atoms with Crippen LogP contribution in [-0.4, -0.2) is 24.7 Å². The molecule has 7 heteroatoms. The number of rotatable bonds is 5. The molecule has 0 spiro atoms. The predicted molar refractivity (Wildman–Crippen MR) is 107 cm³/mol. The van der Waals surface area contributed by atoms with Crippen molar-refractivity contribution in [2.24, 2.45) is 0 Å². The molecule has 148 valence electrons. The monoisotopic (exact) mass is 393 g/mol. The predicted octanol–water partition coefficient (Wildman–Crippen LogP) is 3.19. The maximum Gasteiger partial charge on any atom is 0.349 e. The zero-order valence-electron chi connectivity index (χ0n) is 15.9. The molecule has 0 bridgehead atoms. The molecule has 0 aliphatic rings. The molecule has 0 saturated carbocycles. The minimum absolute atomic E-state index is 0.152. The van der Waals surface area contributed by atoms with Crippen molar-refractivity contribution in [3.8, 4) is 5.75 Å². The van der Waals surface area contributed by atoms with E-state index in [1.165, 1.54) is 20.1 Å². The summed E-state index contributed by atoms with van der Waals surface area (Å²) in [5.74, 6) is 0.0634. The van der Waals surface area contributed by atoms with Gasteiger partial charge in [-0.1, -0.05) is 30.3 Å². The van der Waals surface area contributed by atoms with Gasteiger partial charge < -0.3 is 24.0 Å². The highest BCUT2D eigenvalue weighted by molar-refractivity contribution is 5.97. The number of furan rings is 1. The lowest BCUT2D eigenvalue weighted by Gasteiger charge is -2.21. The Kier molecular flexibility index (Phi) is 4.60. The molecule has 4 aromatic rings. The average molecular weight is 393 g/mol. The zero-order chi connectivity index (χ0) is 20.6. The molecule has 1 unspecified atom stereocenters. The third kappa shape index (κ3) is 3.48. The van der Waals surface area contributed by atoms with Gasteiger partial charge in [0.1, 0.15) is 22.5 Å². The average Bonchev–Trinajstić information content (AvgIpc) is 3.16. The molecule has 2 aromatic carbocycles. The Morgan fingerprint density at radius 3 is 2.62 bits per heavy atom. The fraction of sp³-hybridized carbons (Fsp3) is 0.182. The van der Waals surface area contributed by atoms with Crippen LogP contribution in [-0.2, 0) is 5.60 Å². The largest absolute Gasteiger partial charge is 0.493 e. The lowest BCUT2D eigenvalue weighted by Crippen LogP contribution is -2.39. The first kappa shape index (κ1) is 18.8. The van der Waals surface area contributed by atoms with Crippen molar-refractivity contribution in [1.82, 2.24) is 5.32 Å². The summed E-state index contributed by atoms with van der Waals surface area (Å²) in [4.78, 5) is 24.9. The number of aliphatic hydroxyl groups is 1. The number of carbonyl (C=O) groups is 1. The van der Waals surface area contributed by atoms with E-state index < -0.39 is 17.1 Å². The van der Waals surface area contributed by atoms with E-state index in [0.717, 1.165) is 5.39 Å². The van der Waals surface area contributed by atoms with Crippen molar-refractivity contribution in [1.29, 1.82) is 0 Å². The Morgan fingerprint density at radius 1 is 1.10 bits per heavy atom. The normalized spacial score (nSPS) is 13.3. The Labute approximate surface area is 165 Å². The standard InChI is InChI=1S/C22H19NO6/c1-22(26,18-11-13-6-3-4-8-16(13)28-18)12-23-20(24)15-10-14-7-5-9-17(27-2)19(14)29-21(15)25/h3-11,26H,12H2,1-2H3,(H,23,24). The van der Waals surface area contributed by atoms with Crippen molar-refractivity contribution >= 4 is 27.8 Å². The van der Waals surface area contributed by atoms with Gasteiger partial charge in [0.2, 0.25) is 0 Å². The number of amides is 1. The summed E-state index contributed by atoms with van der Waals surface area (Å²) in [7, 11) is 1.47. The first-order valence-corrected chi connectivity index (χ1v) is 8.99. The number of fused-ring (bicyclic) bond motifs is 2. The summed E-state index contributed by atoms with van der Waals surface area (Å²) in [6.07, 6.45) is 0. The Morgan fingerprint density at radius 2 is 1.86 bits per heavy atom. The van der Waals surface area contributed by atoms with Crippen LogP contribution in [0.3, 0.4) is 0 Å². The molecule has 29 heavy (non-hydrogen) atoms. The van der Waals surface area contributed by atoms with E-state index in [1.807, 2.05) is 18.2 Å². The second kappa shape index (κ2) is 7.10. The number of nitrogens with one attached hydrogen (secondary N) is 1. The molecule has 4 rings (SSSR count). The lowest BCUT2D eigenvalue weighted by molar-refractivity contribution is 0.0344. The number of carbonyl (C=O) groups excluding carboxylic acids is 1. The van der Waals surface area contributed by atoms with Crippen molar-refractivity contribution in [3.63, 3.8) is 0 Å². The second-order valence-electron chi connectivity index (χ2n) is 6.93. The molecule has 0 aliphatic heterocycles. The summed E-state index contributed by atoms with van der Waals surface area (Å²) in [5, 5.41) is 14.7. The lowest BCUT2D eigenvalue weighted by atomic mass is 10.0. The minimum Gasteiger partial charge on any atom is -0.493 e. The van der Waals surface area contributed by atoms with Gasteiger partial charge >= 0.3 is 5.63 Å². The molecule has 7 nitrogen and oxygen atoms in total. The molecule has 1 amide bonds. The van der Waals surface area contributed by atoms with Gasteiger partial charge in [-0.05, 0) is 31.2 Å². The summed E-state index contributed by atoms with van der Waals surface area (Å²) in [6, 6.07) is 15.6. The molecular formula is C22H19NO6. The fourth-order valence-electron chi connectivity index (χ4n) is 3.12. The molecule has 2 aromatic heterocycles. The Balaban J connectivity index is 1.57. The van der Waals surface area contributed by atoms with E-state index in [2.05, 4.69) is 5.32 Å². The maximum absolute atomic E-state index is 12.6. The van der Waals surface area contributed by atoms with Crippen LogP contribution in [0.15, 0.2) is 68.2 Å². The van der Waals surface area contributed by atoms with Gasteiger partial charge in [0.25, 0.3) is 5.91 Å². The van der Waals surface area contributed by atoms with Crippen LogP contribution in [0.1, 0.15) is 23.0 Å². The van der Waals surface area contributed by atoms with Crippen LogP contribution in [0.25, 0.3) is 21.9 Å². The highest BCUT2D eigenvalue weighted by atomic mass is 16.5. The van der Waals surface area contributed by atoms with Crippen molar-refractivity contribution < 1.29 is 23.5 Å². The van der Waals surface area contributed by atoms with Gasteiger partial charge in [0.05, 0.1) is 13.7 Å². The highest BCUT2D eigenvalue weighted by Crippen LogP contribution is 2.28. The third-order valence-electron chi connectivity index (χ3n) is 4.74. The number of ether oxygens (including phenoxy) is 1. The van der Waals surface area contributed by atoms with Gasteiger partial charge in [-0.25, -0.2) is 4.79 Å². The molecule has 1 atom stereocenters. The van der Waals surface area contributed by atoms with E-state index in [9.17, 15) is 14.7 Å². The van der Waals surface area contributed by atoms with Gasteiger partial charge in [0, 0.05) is 10.8 Å². The fourth-order valence-corrected chi connectivity index (χ4v) is 3.12. The number of para-hydroxylation sites is 2. The van der Waals surface area contributed by atoms with Gasteiger partial charge in [-0.15, -0.1) is 0 Å². The number of benzene rings is 2. The van der Waals surface area contributed by atoms with Crippen LogP contribution in [0, 0.1) is 0 Å². The molecule has 2 heterocycles. The topological polar surface area (TPSA) is 102 Å². The molecule has 0 fully saturated rings. The smallest absolute Gasteiger partial charge is 0.349 e. The second-order valence-corrected chi connectivity index (χ2v) is 6.93. The molecule has 0 saturated heterocycles. The minimum atomic E-state index is -1.46. The first-order valence-electron chi connectivity index (χ1n) is 8.99. The van der Waals surface area contributed by atoms with Crippen molar-refractivity contribution in [3.05, 3.63) is 76.3 Å². The quantitative estimate of drug-likeness (QED) is 0.505. The van der Waals surface area contributed by atoms with E-state index in [1.54, 1.807) is 30.3 Å². The molecule has 0 aliphatic carbocycles. The van der Waals surface area contributed by atoms with Crippen LogP contribution >= 0.6 is 0 Å². The maximum atomic E-state index is 12.6. The van der Waals surface area contributed by atoms with Crippen LogP contribution < -0.4 is 15.7 Å². The number of hydrogen-bond donors (Lipinski definition) is 2. The van der Waals surface area contributed by atoms with E-state index in [4.69, 9.17) is 13.6 Å². The van der Waals surface area contributed by atoms with E-state index in [0.29, 0.717) is 22.5 Å². The number of hydrogen-bond acceptors (Lipinski definition) is 6. The van der Waals surface area contributed by atoms with Crippen LogP contribution in [0.2, 0.25) is 0 Å².